The molecule has 0 saturated carbocycles. The lowest BCUT2D eigenvalue weighted by Crippen LogP contribution is -2.36. The minimum Gasteiger partial charge on any atom is -0.338 e. The lowest BCUT2D eigenvalue weighted by atomic mass is 9.76. The van der Waals surface area contributed by atoms with Gasteiger partial charge in [-0.3, -0.25) is 4.79 Å². The van der Waals surface area contributed by atoms with Crippen molar-refractivity contribution in [2.45, 2.75) is 12.8 Å². The van der Waals surface area contributed by atoms with Crippen LogP contribution in [0.4, 0.5) is 0 Å². The van der Waals surface area contributed by atoms with E-state index in [-0.39, 0.29) is 11.3 Å². The number of benzene rings is 2. The Morgan fingerprint density at radius 2 is 2.15 bits per heavy atom. The molecule has 3 heterocycles. The fourth-order valence-corrected chi connectivity index (χ4v) is 5.46. The van der Waals surface area contributed by atoms with Gasteiger partial charge in [0, 0.05) is 37.2 Å². The Balaban J connectivity index is 1.34. The highest BCUT2D eigenvalue weighted by atomic mass is 32.1. The zero-order valence-electron chi connectivity index (χ0n) is 15.2. The Kier molecular flexibility index (Phi) is 4.21. The van der Waals surface area contributed by atoms with Gasteiger partial charge in [0.25, 0.3) is 5.91 Å². The zero-order chi connectivity index (χ0) is 18.3. The lowest BCUT2D eigenvalue weighted by Gasteiger charge is -2.28. The number of aryl methyl sites for hydroxylation is 1. The molecule has 1 N–H and O–H groups in total. The van der Waals surface area contributed by atoms with E-state index in [1.807, 2.05) is 23.7 Å². The fraction of sp³-hybridized carbons (Fsp3) is 0.364. The quantitative estimate of drug-likeness (QED) is 0.756. The molecule has 0 spiro atoms. The van der Waals surface area contributed by atoms with Crippen molar-refractivity contribution in [2.75, 3.05) is 26.2 Å². The number of nitrogens with zero attached hydrogens (tertiary/aromatic N) is 2. The molecule has 2 unspecified atom stereocenters. The first-order chi connectivity index (χ1) is 13.2. The maximum atomic E-state index is 13.1. The molecule has 2 aliphatic heterocycles. The molecule has 0 radical (unpaired) electrons. The first-order valence-corrected chi connectivity index (χ1v) is 10.5. The van der Waals surface area contributed by atoms with Crippen LogP contribution < -0.4 is 5.32 Å². The molecule has 0 bridgehead atoms. The lowest BCUT2D eigenvalue weighted by molar-refractivity contribution is 0.0769. The summed E-state index contributed by atoms with van der Waals surface area (Å²) in [5.41, 5.74) is 5.19. The maximum Gasteiger partial charge on any atom is 0.253 e. The number of likely N-dealkylation sites (tertiary alicyclic amines) is 1. The number of hydrogen-bond donors (Lipinski definition) is 1. The van der Waals surface area contributed by atoms with E-state index in [1.54, 1.807) is 11.3 Å². The molecular weight excluding hydrogens is 354 g/mol. The van der Waals surface area contributed by atoms with Crippen LogP contribution in [0.3, 0.4) is 0 Å². The molecule has 4 nitrogen and oxygen atoms in total. The van der Waals surface area contributed by atoms with Crippen molar-refractivity contribution in [3.05, 3.63) is 65.2 Å². The minimum atomic E-state index is 0.166. The fourth-order valence-electron chi connectivity index (χ4n) is 4.75. The average Bonchev–Trinajstić information content (AvgIpc) is 3.40. The molecule has 27 heavy (non-hydrogen) atoms. The molecule has 2 saturated heterocycles. The van der Waals surface area contributed by atoms with Gasteiger partial charge in [0.1, 0.15) is 0 Å². The van der Waals surface area contributed by atoms with Crippen LogP contribution in [-0.2, 0) is 6.42 Å². The smallest absolute Gasteiger partial charge is 0.253 e. The van der Waals surface area contributed by atoms with E-state index in [1.165, 1.54) is 5.56 Å². The van der Waals surface area contributed by atoms with Crippen LogP contribution in [0.5, 0.6) is 0 Å². The second-order valence-electron chi connectivity index (χ2n) is 7.90. The molecule has 0 aliphatic carbocycles. The Hall–Kier alpha value is -2.24. The Bertz CT molecular complexity index is 970. The summed E-state index contributed by atoms with van der Waals surface area (Å²) in [6.07, 6.45) is 2.21. The van der Waals surface area contributed by atoms with E-state index in [0.717, 1.165) is 54.8 Å². The van der Waals surface area contributed by atoms with Crippen LogP contribution in [-0.4, -0.2) is 42.0 Å². The van der Waals surface area contributed by atoms with E-state index < -0.39 is 0 Å². The first-order valence-electron chi connectivity index (χ1n) is 9.61. The van der Waals surface area contributed by atoms with Gasteiger partial charge in [0.05, 0.1) is 15.7 Å². The van der Waals surface area contributed by atoms with Crippen LogP contribution in [0.25, 0.3) is 10.2 Å². The van der Waals surface area contributed by atoms with Crippen LogP contribution in [0, 0.1) is 11.3 Å². The second kappa shape index (κ2) is 6.73. The summed E-state index contributed by atoms with van der Waals surface area (Å²) in [5, 5.41) is 3.58. The van der Waals surface area contributed by atoms with Crippen LogP contribution in [0.1, 0.15) is 22.3 Å². The number of aromatic nitrogens is 1. The molecule has 138 valence electrons. The monoisotopic (exact) mass is 377 g/mol. The minimum absolute atomic E-state index is 0.166. The summed E-state index contributed by atoms with van der Waals surface area (Å²) in [5.74, 6) is 0.719. The third-order valence-corrected chi connectivity index (χ3v) is 7.09. The van der Waals surface area contributed by atoms with E-state index in [2.05, 4.69) is 45.5 Å². The van der Waals surface area contributed by atoms with Crippen molar-refractivity contribution in [2.24, 2.45) is 11.3 Å². The summed E-state index contributed by atoms with van der Waals surface area (Å²) in [7, 11) is 0. The molecule has 3 aromatic rings. The standard InChI is InChI=1S/C22H23N3OS/c26-21(17-6-7-19-20(10-17)27-15-24-19)25-12-18-11-23-13-22(18,14-25)9-8-16-4-2-1-3-5-16/h1-7,10,15,18,23H,8-9,11-14H2. The number of hydrogen-bond acceptors (Lipinski definition) is 4. The molecule has 2 fully saturated rings. The zero-order valence-corrected chi connectivity index (χ0v) is 16.0. The molecule has 2 aromatic carbocycles. The number of carbonyl (C=O) groups excluding carboxylic acids is 1. The number of nitrogens with one attached hydrogen (secondary N) is 1. The van der Waals surface area contributed by atoms with Crippen LogP contribution in [0.15, 0.2) is 54.0 Å². The number of fused-ring (bicyclic) bond motifs is 2. The molecule has 2 atom stereocenters. The SMILES string of the molecule is O=C(c1ccc2ncsc2c1)N1CC2CNCC2(CCc2ccccc2)C1. The summed E-state index contributed by atoms with van der Waals surface area (Å²) in [6.45, 7) is 3.76. The van der Waals surface area contributed by atoms with Crippen molar-refractivity contribution >= 4 is 27.5 Å². The van der Waals surface area contributed by atoms with Gasteiger partial charge in [-0.25, -0.2) is 4.98 Å². The summed E-state index contributed by atoms with van der Waals surface area (Å²) >= 11 is 1.59. The van der Waals surface area contributed by atoms with Gasteiger partial charge >= 0.3 is 0 Å². The number of carbonyl (C=O) groups is 1. The molecule has 1 amide bonds. The van der Waals surface area contributed by atoms with E-state index in [9.17, 15) is 4.79 Å². The van der Waals surface area contributed by atoms with E-state index in [0.29, 0.717) is 5.92 Å². The molecule has 5 heteroatoms. The Morgan fingerprint density at radius 1 is 1.26 bits per heavy atom. The van der Waals surface area contributed by atoms with Gasteiger partial charge in [0.2, 0.25) is 0 Å². The third-order valence-electron chi connectivity index (χ3n) is 6.30. The largest absolute Gasteiger partial charge is 0.338 e. The highest BCUT2D eigenvalue weighted by molar-refractivity contribution is 7.16. The number of rotatable bonds is 4. The normalized spacial score (nSPS) is 24.4. The summed E-state index contributed by atoms with van der Waals surface area (Å²) in [6, 6.07) is 16.6. The maximum absolute atomic E-state index is 13.1. The summed E-state index contributed by atoms with van der Waals surface area (Å²) in [4.78, 5) is 19.5. The van der Waals surface area contributed by atoms with Gasteiger partial charge in [0.15, 0.2) is 0 Å². The van der Waals surface area contributed by atoms with E-state index >= 15 is 0 Å². The second-order valence-corrected chi connectivity index (χ2v) is 8.78. The third kappa shape index (κ3) is 3.05. The van der Waals surface area contributed by atoms with Gasteiger partial charge in [-0.1, -0.05) is 30.3 Å². The van der Waals surface area contributed by atoms with Crippen molar-refractivity contribution in [3.63, 3.8) is 0 Å². The number of thiazole rings is 1. The molecule has 1 aromatic heterocycles. The highest BCUT2D eigenvalue weighted by Crippen LogP contribution is 2.43. The first kappa shape index (κ1) is 16.9. The van der Waals surface area contributed by atoms with Crippen molar-refractivity contribution < 1.29 is 4.79 Å². The van der Waals surface area contributed by atoms with Gasteiger partial charge in [-0.2, -0.15) is 0 Å². The topological polar surface area (TPSA) is 45.2 Å². The van der Waals surface area contributed by atoms with E-state index in [4.69, 9.17) is 0 Å². The highest BCUT2D eigenvalue weighted by Gasteiger charge is 2.50. The molecule has 2 aliphatic rings. The van der Waals surface area contributed by atoms with Crippen molar-refractivity contribution in [1.82, 2.24) is 15.2 Å². The Morgan fingerprint density at radius 3 is 3.04 bits per heavy atom. The van der Waals surface area contributed by atoms with Gasteiger partial charge in [-0.15, -0.1) is 11.3 Å². The predicted octanol–water partition coefficient (Wildman–Crippen LogP) is 3.59. The average molecular weight is 378 g/mol. The number of amides is 1. The Labute approximate surface area is 163 Å². The molecule has 5 rings (SSSR count). The molecular formula is C22H23N3OS. The van der Waals surface area contributed by atoms with Crippen LogP contribution >= 0.6 is 11.3 Å². The van der Waals surface area contributed by atoms with Gasteiger partial charge in [-0.05, 0) is 42.5 Å². The summed E-state index contributed by atoms with van der Waals surface area (Å²) < 4.78 is 1.08. The van der Waals surface area contributed by atoms with Crippen LogP contribution in [0.2, 0.25) is 0 Å². The van der Waals surface area contributed by atoms with Gasteiger partial charge < -0.3 is 10.2 Å². The van der Waals surface area contributed by atoms with Crippen molar-refractivity contribution in [1.29, 1.82) is 0 Å². The van der Waals surface area contributed by atoms with Crippen molar-refractivity contribution in [3.8, 4) is 0 Å². The predicted molar refractivity (Wildman–Crippen MR) is 109 cm³/mol.